The van der Waals surface area contributed by atoms with E-state index in [0.29, 0.717) is 25.4 Å². The zero-order valence-electron chi connectivity index (χ0n) is 15.3. The number of nitrogens with one attached hydrogen (secondary N) is 2. The van der Waals surface area contributed by atoms with Gasteiger partial charge in [-0.25, -0.2) is 4.79 Å². The smallest absolute Gasteiger partial charge is 0.317 e. The van der Waals surface area contributed by atoms with Crippen LogP contribution in [0.25, 0.3) is 0 Å². The summed E-state index contributed by atoms with van der Waals surface area (Å²) in [5, 5.41) is 6.03. The van der Waals surface area contributed by atoms with Gasteiger partial charge in [0.25, 0.3) is 0 Å². The van der Waals surface area contributed by atoms with Crippen molar-refractivity contribution in [3.63, 3.8) is 0 Å². The highest BCUT2D eigenvalue weighted by Crippen LogP contribution is 2.16. The summed E-state index contributed by atoms with van der Waals surface area (Å²) in [6, 6.07) is 9.70. The number of rotatable bonds is 7. The molecule has 0 spiro atoms. The third-order valence-electron chi connectivity index (χ3n) is 4.68. The Balaban J connectivity index is 1.64. The topological polar surface area (TPSA) is 64.7 Å². The Morgan fingerprint density at radius 2 is 1.88 bits per heavy atom. The lowest BCUT2D eigenvalue weighted by molar-refractivity contribution is -0.132. The van der Waals surface area contributed by atoms with E-state index in [4.69, 9.17) is 0 Å². The summed E-state index contributed by atoms with van der Waals surface area (Å²) in [5.41, 5.74) is 1.08. The van der Waals surface area contributed by atoms with Crippen LogP contribution in [-0.4, -0.2) is 62.0 Å². The van der Waals surface area contributed by atoms with Gasteiger partial charge in [-0.05, 0) is 37.9 Å². The summed E-state index contributed by atoms with van der Waals surface area (Å²) in [6.07, 6.45) is 2.47. The fraction of sp³-hybridized carbons (Fsp3) is 0.579. The quantitative estimate of drug-likeness (QED) is 0.789. The molecule has 1 aliphatic heterocycles. The zero-order chi connectivity index (χ0) is 18.1. The monoisotopic (exact) mass is 346 g/mol. The molecule has 1 aromatic carbocycles. The maximum Gasteiger partial charge on any atom is 0.317 e. The number of urea groups is 1. The van der Waals surface area contributed by atoms with E-state index in [2.05, 4.69) is 10.6 Å². The summed E-state index contributed by atoms with van der Waals surface area (Å²) in [7, 11) is 3.73. The number of hydrogen-bond acceptors (Lipinski definition) is 3. The van der Waals surface area contributed by atoms with E-state index in [1.54, 1.807) is 11.9 Å². The average molecular weight is 346 g/mol. The minimum Gasteiger partial charge on any atom is -0.343 e. The highest BCUT2D eigenvalue weighted by Gasteiger charge is 2.22. The van der Waals surface area contributed by atoms with E-state index in [1.807, 2.05) is 42.3 Å². The number of amides is 3. The SMILES string of the molecule is CNCC1CCN(C(=O)CCNC(=O)N(C)Cc2ccccc2)CC1. The summed E-state index contributed by atoms with van der Waals surface area (Å²) < 4.78 is 0. The lowest BCUT2D eigenvalue weighted by Crippen LogP contribution is -2.42. The van der Waals surface area contributed by atoms with Crippen LogP contribution < -0.4 is 10.6 Å². The van der Waals surface area contributed by atoms with Crippen molar-refractivity contribution in [1.82, 2.24) is 20.4 Å². The molecular formula is C19H30N4O2. The Hall–Kier alpha value is -2.08. The molecule has 0 atom stereocenters. The molecule has 0 aromatic heterocycles. The minimum absolute atomic E-state index is 0.133. The second-order valence-electron chi connectivity index (χ2n) is 6.71. The minimum atomic E-state index is -0.149. The van der Waals surface area contributed by atoms with Gasteiger partial charge in [0.05, 0.1) is 0 Å². The lowest BCUT2D eigenvalue weighted by atomic mass is 9.96. The molecule has 1 saturated heterocycles. The number of benzene rings is 1. The van der Waals surface area contributed by atoms with Crippen molar-refractivity contribution >= 4 is 11.9 Å². The third kappa shape index (κ3) is 6.38. The maximum atomic E-state index is 12.3. The molecule has 1 fully saturated rings. The van der Waals surface area contributed by atoms with Crippen molar-refractivity contribution in [2.45, 2.75) is 25.8 Å². The molecule has 138 valence electrons. The van der Waals surface area contributed by atoms with Gasteiger partial charge in [-0.15, -0.1) is 0 Å². The van der Waals surface area contributed by atoms with Gasteiger partial charge in [-0.2, -0.15) is 0 Å². The molecule has 2 rings (SSSR count). The van der Waals surface area contributed by atoms with Crippen LogP contribution in [0.4, 0.5) is 4.79 Å². The molecule has 1 aromatic rings. The van der Waals surface area contributed by atoms with E-state index < -0.39 is 0 Å². The second-order valence-corrected chi connectivity index (χ2v) is 6.71. The maximum absolute atomic E-state index is 12.3. The highest BCUT2D eigenvalue weighted by atomic mass is 16.2. The molecule has 2 N–H and O–H groups in total. The van der Waals surface area contributed by atoms with E-state index in [-0.39, 0.29) is 11.9 Å². The Morgan fingerprint density at radius 1 is 1.20 bits per heavy atom. The molecule has 3 amide bonds. The second kappa shape index (κ2) is 10.0. The largest absolute Gasteiger partial charge is 0.343 e. The molecule has 1 heterocycles. The average Bonchev–Trinajstić information content (AvgIpc) is 2.63. The molecule has 6 nitrogen and oxygen atoms in total. The number of carbonyl (C=O) groups is 2. The van der Waals surface area contributed by atoms with Crippen LogP contribution in [0.5, 0.6) is 0 Å². The van der Waals surface area contributed by atoms with E-state index >= 15 is 0 Å². The van der Waals surface area contributed by atoms with Crippen molar-refractivity contribution in [2.24, 2.45) is 5.92 Å². The van der Waals surface area contributed by atoms with E-state index in [1.165, 1.54) is 0 Å². The molecule has 25 heavy (non-hydrogen) atoms. The molecule has 1 aliphatic rings. The molecule has 0 aliphatic carbocycles. The van der Waals surface area contributed by atoms with Crippen molar-refractivity contribution < 1.29 is 9.59 Å². The van der Waals surface area contributed by atoms with Gasteiger partial charge < -0.3 is 20.4 Å². The zero-order valence-corrected chi connectivity index (χ0v) is 15.3. The van der Waals surface area contributed by atoms with Gasteiger partial charge in [0.2, 0.25) is 5.91 Å². The predicted octanol–water partition coefficient (Wildman–Crippen LogP) is 1.68. The van der Waals surface area contributed by atoms with Crippen LogP contribution in [0.2, 0.25) is 0 Å². The van der Waals surface area contributed by atoms with Crippen molar-refractivity contribution in [3.05, 3.63) is 35.9 Å². The van der Waals surface area contributed by atoms with Crippen molar-refractivity contribution in [1.29, 1.82) is 0 Å². The molecular weight excluding hydrogens is 316 g/mol. The Bertz CT molecular complexity index is 542. The van der Waals surface area contributed by atoms with Crippen LogP contribution in [0.3, 0.4) is 0 Å². The Labute approximate surface area is 150 Å². The van der Waals surface area contributed by atoms with Gasteiger partial charge in [0.15, 0.2) is 0 Å². The predicted molar refractivity (Wildman–Crippen MR) is 99.2 cm³/mol. The van der Waals surface area contributed by atoms with Crippen LogP contribution >= 0.6 is 0 Å². The summed E-state index contributed by atoms with van der Waals surface area (Å²) >= 11 is 0. The third-order valence-corrected chi connectivity index (χ3v) is 4.68. The normalized spacial score (nSPS) is 15.0. The first-order valence-corrected chi connectivity index (χ1v) is 9.05. The van der Waals surface area contributed by atoms with Gasteiger partial charge >= 0.3 is 6.03 Å². The Morgan fingerprint density at radius 3 is 2.52 bits per heavy atom. The summed E-state index contributed by atoms with van der Waals surface area (Å²) in [6.45, 7) is 3.61. The van der Waals surface area contributed by atoms with Crippen LogP contribution in [0.1, 0.15) is 24.8 Å². The van der Waals surface area contributed by atoms with Crippen LogP contribution in [0, 0.1) is 5.92 Å². The fourth-order valence-electron chi connectivity index (χ4n) is 3.17. The Kier molecular flexibility index (Phi) is 7.73. The highest BCUT2D eigenvalue weighted by molar-refractivity contribution is 5.78. The van der Waals surface area contributed by atoms with Gasteiger partial charge in [0, 0.05) is 39.6 Å². The van der Waals surface area contributed by atoms with E-state index in [9.17, 15) is 9.59 Å². The van der Waals surface area contributed by atoms with Crippen LogP contribution in [0.15, 0.2) is 30.3 Å². The number of piperidine rings is 1. The van der Waals surface area contributed by atoms with Crippen molar-refractivity contribution in [3.8, 4) is 0 Å². The van der Waals surface area contributed by atoms with E-state index in [0.717, 1.165) is 38.0 Å². The molecule has 0 unspecified atom stereocenters. The van der Waals surface area contributed by atoms with Gasteiger partial charge in [0.1, 0.15) is 0 Å². The number of carbonyl (C=O) groups excluding carboxylic acids is 2. The van der Waals surface area contributed by atoms with Crippen molar-refractivity contribution in [2.75, 3.05) is 40.3 Å². The molecule has 0 bridgehead atoms. The van der Waals surface area contributed by atoms with Gasteiger partial charge in [-0.3, -0.25) is 4.79 Å². The summed E-state index contributed by atoms with van der Waals surface area (Å²) in [4.78, 5) is 27.9. The first kappa shape index (κ1) is 19.2. The van der Waals surface area contributed by atoms with Crippen LogP contribution in [-0.2, 0) is 11.3 Å². The summed E-state index contributed by atoms with van der Waals surface area (Å²) in [5.74, 6) is 0.800. The molecule has 0 saturated carbocycles. The fourth-order valence-corrected chi connectivity index (χ4v) is 3.17. The van der Waals surface area contributed by atoms with Gasteiger partial charge in [-0.1, -0.05) is 30.3 Å². The first-order valence-electron chi connectivity index (χ1n) is 9.05. The standard InChI is InChI=1S/C19H30N4O2/c1-20-14-16-9-12-23(13-10-16)18(24)8-11-21-19(25)22(2)15-17-6-4-3-5-7-17/h3-7,16,20H,8-15H2,1-2H3,(H,21,25). The first-order chi connectivity index (χ1) is 12.1. The molecule has 0 radical (unpaired) electrons. The number of nitrogens with zero attached hydrogens (tertiary/aromatic N) is 2. The number of hydrogen-bond donors (Lipinski definition) is 2. The molecule has 6 heteroatoms. The lowest BCUT2D eigenvalue weighted by Gasteiger charge is -2.32. The number of likely N-dealkylation sites (tertiary alicyclic amines) is 1.